The van der Waals surface area contributed by atoms with Crippen LogP contribution in [0.1, 0.15) is 11.1 Å². The third-order valence-corrected chi connectivity index (χ3v) is 4.40. The number of rotatable bonds is 7. The molecule has 4 nitrogen and oxygen atoms in total. The number of hydrogen-bond donors (Lipinski definition) is 1. The Kier molecular flexibility index (Phi) is 6.29. The molecule has 0 aliphatic rings. The predicted octanol–water partition coefficient (Wildman–Crippen LogP) is 2.40. The summed E-state index contributed by atoms with van der Waals surface area (Å²) < 4.78 is 30.5. The molecule has 0 unspecified atom stereocenters. The molecule has 23 heavy (non-hydrogen) atoms. The first-order valence-electron chi connectivity index (χ1n) is 7.06. The van der Waals surface area contributed by atoms with Crippen molar-refractivity contribution in [2.75, 3.05) is 12.9 Å². The van der Waals surface area contributed by atoms with Crippen LogP contribution < -0.4 is 10.1 Å². The third-order valence-electron chi connectivity index (χ3n) is 3.18. The quantitative estimate of drug-likeness (QED) is 0.845. The van der Waals surface area contributed by atoms with Gasteiger partial charge in [0.25, 0.3) is 0 Å². The van der Waals surface area contributed by atoms with Gasteiger partial charge < -0.3 is 10.1 Å². The number of amides is 1. The van der Waals surface area contributed by atoms with Gasteiger partial charge in [0.05, 0.1) is 12.9 Å². The van der Waals surface area contributed by atoms with Gasteiger partial charge in [-0.15, -0.1) is 0 Å². The summed E-state index contributed by atoms with van der Waals surface area (Å²) in [6, 6.07) is 13.5. The summed E-state index contributed by atoms with van der Waals surface area (Å²) in [6.45, 7) is 0.389. The summed E-state index contributed by atoms with van der Waals surface area (Å²) in [5.41, 5.74) is 1.46. The first kappa shape index (κ1) is 17.1. The van der Waals surface area contributed by atoms with Gasteiger partial charge in [-0.3, -0.25) is 9.00 Å². The van der Waals surface area contributed by atoms with E-state index >= 15 is 0 Å². The average molecular weight is 335 g/mol. The van der Waals surface area contributed by atoms with Crippen molar-refractivity contribution < 1.29 is 18.1 Å². The Morgan fingerprint density at radius 2 is 1.96 bits per heavy atom. The van der Waals surface area contributed by atoms with Crippen LogP contribution >= 0.6 is 0 Å². The van der Waals surface area contributed by atoms with Crippen molar-refractivity contribution >= 4 is 16.7 Å². The van der Waals surface area contributed by atoms with E-state index in [1.165, 1.54) is 25.3 Å². The Balaban J connectivity index is 1.87. The van der Waals surface area contributed by atoms with Crippen LogP contribution in [0.25, 0.3) is 0 Å². The van der Waals surface area contributed by atoms with Crippen LogP contribution in [0.3, 0.4) is 0 Å². The molecule has 2 aromatic rings. The van der Waals surface area contributed by atoms with Gasteiger partial charge in [-0.2, -0.15) is 0 Å². The van der Waals surface area contributed by atoms with E-state index in [-0.39, 0.29) is 17.4 Å². The molecule has 0 saturated heterocycles. The van der Waals surface area contributed by atoms with Crippen molar-refractivity contribution in [1.29, 1.82) is 0 Å². The molecule has 2 rings (SSSR count). The maximum absolute atomic E-state index is 13.3. The fourth-order valence-corrected chi connectivity index (χ4v) is 3.15. The number of benzene rings is 2. The molecule has 0 radical (unpaired) electrons. The van der Waals surface area contributed by atoms with Crippen LogP contribution in [-0.4, -0.2) is 23.0 Å². The topological polar surface area (TPSA) is 55.4 Å². The molecule has 0 aromatic heterocycles. The Bertz CT molecular complexity index is 691. The third kappa shape index (κ3) is 5.49. The van der Waals surface area contributed by atoms with E-state index in [4.69, 9.17) is 4.74 Å². The molecular weight excluding hydrogens is 317 g/mol. The lowest BCUT2D eigenvalue weighted by Gasteiger charge is -2.09. The summed E-state index contributed by atoms with van der Waals surface area (Å²) >= 11 is 0. The molecule has 0 saturated carbocycles. The molecule has 122 valence electrons. The lowest BCUT2D eigenvalue weighted by molar-refractivity contribution is -0.118. The van der Waals surface area contributed by atoms with Crippen LogP contribution in [0.15, 0.2) is 48.5 Å². The fourth-order valence-electron chi connectivity index (χ4n) is 2.08. The highest BCUT2D eigenvalue weighted by molar-refractivity contribution is 7.84. The first-order valence-corrected chi connectivity index (χ1v) is 8.55. The molecule has 2 aromatic carbocycles. The van der Waals surface area contributed by atoms with E-state index in [1.807, 2.05) is 30.3 Å². The average Bonchev–Trinajstić information content (AvgIpc) is 2.54. The van der Waals surface area contributed by atoms with Crippen LogP contribution in [-0.2, 0) is 27.9 Å². The van der Waals surface area contributed by atoms with Crippen LogP contribution in [0.4, 0.5) is 4.39 Å². The maximum atomic E-state index is 13.3. The van der Waals surface area contributed by atoms with E-state index in [2.05, 4.69) is 5.32 Å². The highest BCUT2D eigenvalue weighted by Crippen LogP contribution is 2.20. The van der Waals surface area contributed by atoms with E-state index in [1.54, 1.807) is 0 Å². The van der Waals surface area contributed by atoms with Crippen molar-refractivity contribution in [1.82, 2.24) is 5.32 Å². The number of carbonyl (C=O) groups excluding carboxylic acids is 1. The van der Waals surface area contributed by atoms with Crippen molar-refractivity contribution in [2.24, 2.45) is 0 Å². The number of ether oxygens (including phenoxy) is 1. The van der Waals surface area contributed by atoms with Crippen molar-refractivity contribution in [3.05, 3.63) is 65.5 Å². The standard InChI is InChI=1S/C17H18FNO3S/c1-22-16-8-7-15(18)9-14(16)11-23(21)12-17(20)19-10-13-5-3-2-4-6-13/h2-9H,10-12H2,1H3,(H,19,20)/t23-/m1/s1. The Morgan fingerprint density at radius 1 is 1.22 bits per heavy atom. The number of nitrogens with one attached hydrogen (secondary N) is 1. The lowest BCUT2D eigenvalue weighted by atomic mass is 10.2. The second-order valence-corrected chi connectivity index (χ2v) is 6.40. The van der Waals surface area contributed by atoms with E-state index in [0.717, 1.165) is 5.56 Å². The molecule has 0 heterocycles. The minimum atomic E-state index is -1.44. The summed E-state index contributed by atoms with van der Waals surface area (Å²) in [5, 5.41) is 2.72. The summed E-state index contributed by atoms with van der Waals surface area (Å²) in [4.78, 5) is 11.8. The summed E-state index contributed by atoms with van der Waals surface area (Å²) in [5.74, 6) is -0.329. The van der Waals surface area contributed by atoms with Gasteiger partial charge in [-0.05, 0) is 23.8 Å². The van der Waals surface area contributed by atoms with Crippen molar-refractivity contribution in [3.8, 4) is 5.75 Å². The van der Waals surface area contributed by atoms with E-state index in [0.29, 0.717) is 17.9 Å². The van der Waals surface area contributed by atoms with Crippen LogP contribution in [0.5, 0.6) is 5.75 Å². The van der Waals surface area contributed by atoms with E-state index < -0.39 is 16.6 Å². The van der Waals surface area contributed by atoms with Gasteiger partial charge >= 0.3 is 0 Å². The molecular formula is C17H18FNO3S. The smallest absolute Gasteiger partial charge is 0.232 e. The van der Waals surface area contributed by atoms with Gasteiger partial charge in [0, 0.05) is 22.9 Å². The second-order valence-electron chi connectivity index (χ2n) is 4.95. The largest absolute Gasteiger partial charge is 0.496 e. The molecule has 1 atom stereocenters. The maximum Gasteiger partial charge on any atom is 0.232 e. The summed E-state index contributed by atoms with van der Waals surface area (Å²) in [7, 11) is 0.0267. The molecule has 0 aliphatic carbocycles. The zero-order chi connectivity index (χ0) is 16.7. The number of halogens is 1. The zero-order valence-corrected chi connectivity index (χ0v) is 13.6. The molecule has 1 amide bonds. The monoisotopic (exact) mass is 335 g/mol. The highest BCUT2D eigenvalue weighted by Gasteiger charge is 2.12. The predicted molar refractivity (Wildman–Crippen MR) is 88.0 cm³/mol. The molecule has 0 aliphatic heterocycles. The molecule has 0 bridgehead atoms. The molecule has 0 spiro atoms. The van der Waals surface area contributed by atoms with E-state index in [9.17, 15) is 13.4 Å². The number of carbonyl (C=O) groups is 1. The summed E-state index contributed by atoms with van der Waals surface area (Å²) in [6.07, 6.45) is 0. The molecule has 1 N–H and O–H groups in total. The van der Waals surface area contributed by atoms with Gasteiger partial charge in [0.15, 0.2) is 0 Å². The Morgan fingerprint density at radius 3 is 2.65 bits per heavy atom. The zero-order valence-electron chi connectivity index (χ0n) is 12.8. The highest BCUT2D eigenvalue weighted by atomic mass is 32.2. The Labute approximate surface area is 137 Å². The normalized spacial score (nSPS) is 11.7. The van der Waals surface area contributed by atoms with Gasteiger partial charge in [0.2, 0.25) is 5.91 Å². The van der Waals surface area contributed by atoms with Gasteiger partial charge in [-0.25, -0.2) is 4.39 Å². The second kappa shape index (κ2) is 8.43. The lowest BCUT2D eigenvalue weighted by Crippen LogP contribution is -2.28. The van der Waals surface area contributed by atoms with Gasteiger partial charge in [-0.1, -0.05) is 30.3 Å². The minimum absolute atomic E-state index is 0.0691. The first-order chi connectivity index (χ1) is 11.1. The minimum Gasteiger partial charge on any atom is -0.496 e. The molecule has 0 fully saturated rings. The van der Waals surface area contributed by atoms with Crippen LogP contribution in [0, 0.1) is 5.82 Å². The van der Waals surface area contributed by atoms with Gasteiger partial charge in [0.1, 0.15) is 17.3 Å². The SMILES string of the molecule is COc1ccc(F)cc1C[S@@](=O)CC(=O)NCc1ccccc1. The van der Waals surface area contributed by atoms with Crippen molar-refractivity contribution in [2.45, 2.75) is 12.3 Å². The fraction of sp³-hybridized carbons (Fsp3) is 0.235. The van der Waals surface area contributed by atoms with Crippen LogP contribution in [0.2, 0.25) is 0 Å². The molecule has 6 heteroatoms. The Hall–Kier alpha value is -2.21. The number of hydrogen-bond acceptors (Lipinski definition) is 3. The van der Waals surface area contributed by atoms with Crippen molar-refractivity contribution in [3.63, 3.8) is 0 Å². The number of methoxy groups -OCH3 is 1.